The van der Waals surface area contributed by atoms with E-state index in [9.17, 15) is 4.39 Å². The number of rotatable bonds is 8. The molecule has 0 bridgehead atoms. The van der Waals surface area contributed by atoms with Gasteiger partial charge in [0.2, 0.25) is 0 Å². The second-order valence-corrected chi connectivity index (χ2v) is 9.62. The van der Waals surface area contributed by atoms with Crippen molar-refractivity contribution in [1.82, 2.24) is 0 Å². The predicted molar refractivity (Wildman–Crippen MR) is 124 cm³/mol. The van der Waals surface area contributed by atoms with Crippen molar-refractivity contribution in [2.75, 3.05) is 6.61 Å². The Morgan fingerprint density at radius 3 is 1.94 bits per heavy atom. The van der Waals surface area contributed by atoms with Crippen LogP contribution in [0.25, 0.3) is 11.1 Å². The van der Waals surface area contributed by atoms with Gasteiger partial charge in [-0.25, -0.2) is 8.78 Å². The van der Waals surface area contributed by atoms with Crippen LogP contribution < -0.4 is 0 Å². The van der Waals surface area contributed by atoms with Gasteiger partial charge < -0.3 is 4.74 Å². The van der Waals surface area contributed by atoms with Crippen molar-refractivity contribution in [3.05, 3.63) is 70.8 Å². The second kappa shape index (κ2) is 10.00. The van der Waals surface area contributed by atoms with Gasteiger partial charge >= 0.3 is 11.8 Å². The van der Waals surface area contributed by atoms with E-state index in [0.29, 0.717) is 19.4 Å². The average molecular weight is 497 g/mol. The van der Waals surface area contributed by atoms with Crippen LogP contribution in [0.4, 0.5) is 26.3 Å². The fourth-order valence-electron chi connectivity index (χ4n) is 5.25. The quantitative estimate of drug-likeness (QED) is 0.263. The van der Waals surface area contributed by atoms with Crippen LogP contribution in [-0.2, 0) is 29.4 Å². The zero-order valence-electron chi connectivity index (χ0n) is 19.8. The molecule has 1 aliphatic heterocycles. The molecule has 0 spiro atoms. The predicted octanol–water partition coefficient (Wildman–Crippen LogP) is 8.48. The fraction of sp³-hybridized carbons (Fsp3) is 0.500. The molecule has 4 rings (SSSR count). The summed E-state index contributed by atoms with van der Waals surface area (Å²) in [6.07, 6.45) is 6.71. The van der Waals surface area contributed by atoms with E-state index in [4.69, 9.17) is 4.74 Å². The summed E-state index contributed by atoms with van der Waals surface area (Å²) in [5, 5.41) is 0. The van der Waals surface area contributed by atoms with Crippen molar-refractivity contribution in [3.63, 3.8) is 0 Å². The molecule has 0 amide bonds. The minimum atomic E-state index is -4.88. The van der Waals surface area contributed by atoms with Crippen molar-refractivity contribution < 1.29 is 31.1 Å². The molecule has 1 heterocycles. The molecule has 1 nitrogen and oxygen atoms in total. The summed E-state index contributed by atoms with van der Waals surface area (Å²) in [5.41, 5.74) is -3.56. The van der Waals surface area contributed by atoms with Crippen LogP contribution in [0.3, 0.4) is 0 Å². The third-order valence-electron chi connectivity index (χ3n) is 7.25. The Bertz CT molecular complexity index is 1090. The highest BCUT2D eigenvalue weighted by Gasteiger charge is 2.65. The normalized spacial score (nSPS) is 22.4. The van der Waals surface area contributed by atoms with Crippen LogP contribution in [-0.4, -0.2) is 12.7 Å². The van der Waals surface area contributed by atoms with Crippen molar-refractivity contribution in [1.29, 1.82) is 0 Å². The molecule has 2 aromatic rings. The third kappa shape index (κ3) is 4.52. The Balaban J connectivity index is 1.62. The number of halogens is 6. The summed E-state index contributed by atoms with van der Waals surface area (Å²) in [4.78, 5) is 0. The molecule has 2 aromatic carbocycles. The monoisotopic (exact) mass is 496 g/mol. The minimum Gasteiger partial charge on any atom is -0.378 e. The first-order valence-corrected chi connectivity index (χ1v) is 12.3. The topological polar surface area (TPSA) is 9.23 Å². The van der Waals surface area contributed by atoms with Crippen molar-refractivity contribution in [2.24, 2.45) is 5.92 Å². The molecule has 1 aliphatic carbocycles. The Kier molecular flexibility index (Phi) is 7.37. The summed E-state index contributed by atoms with van der Waals surface area (Å²) in [5.74, 6) is -12.3. The van der Waals surface area contributed by atoms with Gasteiger partial charge in [0, 0.05) is 6.61 Å². The van der Waals surface area contributed by atoms with E-state index >= 15 is 22.0 Å². The Morgan fingerprint density at radius 1 is 0.886 bits per heavy atom. The van der Waals surface area contributed by atoms with Crippen LogP contribution in [0.5, 0.6) is 0 Å². The molecule has 0 aromatic heterocycles. The highest BCUT2D eigenvalue weighted by molar-refractivity contribution is 5.77. The summed E-state index contributed by atoms with van der Waals surface area (Å²) < 4.78 is 96.6. The highest BCUT2D eigenvalue weighted by atomic mass is 19.3. The van der Waals surface area contributed by atoms with Gasteiger partial charge in [0.05, 0.1) is 17.2 Å². The number of alkyl halides is 4. The van der Waals surface area contributed by atoms with Crippen LogP contribution in [0.1, 0.15) is 67.7 Å². The number of benzene rings is 2. The lowest BCUT2D eigenvalue weighted by atomic mass is 9.78. The number of ether oxygens (including phenoxy) is 1. The highest BCUT2D eigenvalue weighted by Crippen LogP contribution is 2.59. The van der Waals surface area contributed by atoms with Gasteiger partial charge in [-0.15, -0.1) is 6.58 Å². The number of hydrogen-bond acceptors (Lipinski definition) is 1. The van der Waals surface area contributed by atoms with Gasteiger partial charge in [0.1, 0.15) is 11.6 Å². The van der Waals surface area contributed by atoms with E-state index in [1.807, 2.05) is 6.08 Å². The summed E-state index contributed by atoms with van der Waals surface area (Å²) in [6.45, 7) is 5.93. The fourth-order valence-corrected chi connectivity index (χ4v) is 5.25. The lowest BCUT2D eigenvalue weighted by Crippen LogP contribution is -2.41. The maximum atomic E-state index is 15.4. The minimum absolute atomic E-state index is 0.0421. The van der Waals surface area contributed by atoms with Gasteiger partial charge in [0.25, 0.3) is 0 Å². The molecule has 190 valence electrons. The molecule has 2 unspecified atom stereocenters. The lowest BCUT2D eigenvalue weighted by Gasteiger charge is -2.36. The number of allylic oxidation sites excluding steroid dienone is 1. The maximum Gasteiger partial charge on any atom is 0.343 e. The summed E-state index contributed by atoms with van der Waals surface area (Å²) >= 11 is 0. The molecule has 35 heavy (non-hydrogen) atoms. The zero-order valence-corrected chi connectivity index (χ0v) is 19.8. The number of aryl methyl sites for hydroxylation is 2. The summed E-state index contributed by atoms with van der Waals surface area (Å²) in [6, 6.07) is 5.09. The standard InChI is InChI=1S/C28H30F6O/c1-3-5-7-20-13-9-17(16-35-20)8-10-19-12-15-22-21-14-11-18(6-4-2)25(29)23(21)27(31,32)28(33,34)24(22)26(19)30/h3,11-12,14-15,17,20H,1,4-10,13,16H2,2H3. The first kappa shape index (κ1) is 25.8. The van der Waals surface area contributed by atoms with Crippen LogP contribution in [0, 0.1) is 17.6 Å². The molecular formula is C28H30F6O. The Hall–Kier alpha value is -2.28. The molecule has 0 N–H and O–H groups in total. The molecule has 2 aliphatic rings. The lowest BCUT2D eigenvalue weighted by molar-refractivity contribution is -0.227. The molecule has 7 heteroatoms. The van der Waals surface area contributed by atoms with Crippen LogP contribution in [0.2, 0.25) is 0 Å². The van der Waals surface area contributed by atoms with Gasteiger partial charge in [0.15, 0.2) is 0 Å². The maximum absolute atomic E-state index is 15.4. The number of fused-ring (bicyclic) bond motifs is 3. The molecule has 1 saturated heterocycles. The van der Waals surface area contributed by atoms with E-state index in [1.54, 1.807) is 6.92 Å². The largest absolute Gasteiger partial charge is 0.378 e. The molecule has 1 fully saturated rings. The zero-order chi connectivity index (χ0) is 25.4. The van der Waals surface area contributed by atoms with Crippen molar-refractivity contribution in [3.8, 4) is 11.1 Å². The van der Waals surface area contributed by atoms with E-state index in [0.717, 1.165) is 25.7 Å². The Labute approximate surface area is 202 Å². The van der Waals surface area contributed by atoms with Crippen molar-refractivity contribution in [2.45, 2.75) is 76.2 Å². The van der Waals surface area contributed by atoms with Gasteiger partial charge in [-0.1, -0.05) is 43.7 Å². The second-order valence-electron chi connectivity index (χ2n) is 9.62. The van der Waals surface area contributed by atoms with E-state index in [2.05, 4.69) is 6.58 Å². The van der Waals surface area contributed by atoms with E-state index < -0.39 is 34.6 Å². The van der Waals surface area contributed by atoms with E-state index in [1.165, 1.54) is 24.3 Å². The smallest absolute Gasteiger partial charge is 0.343 e. The first-order valence-electron chi connectivity index (χ1n) is 12.3. The van der Waals surface area contributed by atoms with Crippen molar-refractivity contribution >= 4 is 0 Å². The van der Waals surface area contributed by atoms with Gasteiger partial charge in [-0.05, 0) is 73.1 Å². The van der Waals surface area contributed by atoms with Crippen LogP contribution >= 0.6 is 0 Å². The number of hydrogen-bond donors (Lipinski definition) is 0. The van der Waals surface area contributed by atoms with E-state index in [-0.39, 0.29) is 47.1 Å². The van der Waals surface area contributed by atoms with Gasteiger partial charge in [-0.2, -0.15) is 17.6 Å². The van der Waals surface area contributed by atoms with Crippen LogP contribution in [0.15, 0.2) is 36.9 Å². The Morgan fingerprint density at radius 2 is 1.46 bits per heavy atom. The summed E-state index contributed by atoms with van der Waals surface area (Å²) in [7, 11) is 0. The molecular weight excluding hydrogens is 466 g/mol. The molecule has 0 radical (unpaired) electrons. The molecule has 2 atom stereocenters. The SMILES string of the molecule is C=CCCC1CCC(CCc2ccc3c(c2F)C(F)(F)C(F)(F)c2c-3ccc(CCC)c2F)CO1. The molecule has 0 saturated carbocycles. The average Bonchev–Trinajstić information content (AvgIpc) is 2.82. The first-order chi connectivity index (χ1) is 16.6. The third-order valence-corrected chi connectivity index (χ3v) is 7.25. The van der Waals surface area contributed by atoms with Gasteiger partial charge in [-0.3, -0.25) is 0 Å².